The molecule has 8 heteroatoms. The summed E-state index contributed by atoms with van der Waals surface area (Å²) in [4.78, 5) is 15.0. The van der Waals surface area contributed by atoms with Crippen molar-refractivity contribution >= 4 is 17.7 Å². The molecule has 3 aromatic rings. The zero-order valence-electron chi connectivity index (χ0n) is 17.3. The van der Waals surface area contributed by atoms with Crippen LogP contribution in [-0.4, -0.2) is 46.5 Å². The smallest absolute Gasteiger partial charge is 0.272 e. The molecule has 2 aromatic carbocycles. The van der Waals surface area contributed by atoms with E-state index in [9.17, 15) is 13.6 Å². The Morgan fingerprint density at radius 1 is 1.16 bits per heavy atom. The van der Waals surface area contributed by atoms with Crippen LogP contribution in [-0.2, 0) is 7.05 Å². The van der Waals surface area contributed by atoms with Crippen LogP contribution >= 0.6 is 11.8 Å². The van der Waals surface area contributed by atoms with Gasteiger partial charge in [-0.2, -0.15) is 16.9 Å². The maximum Gasteiger partial charge on any atom is 0.272 e. The van der Waals surface area contributed by atoms with Crippen LogP contribution in [0.4, 0.5) is 8.78 Å². The molecule has 31 heavy (non-hydrogen) atoms. The Morgan fingerprint density at radius 3 is 2.77 bits per heavy atom. The van der Waals surface area contributed by atoms with E-state index in [0.29, 0.717) is 48.0 Å². The van der Waals surface area contributed by atoms with Crippen molar-refractivity contribution in [2.75, 3.05) is 26.0 Å². The molecule has 1 atom stereocenters. The number of benzene rings is 2. The van der Waals surface area contributed by atoms with E-state index in [1.807, 2.05) is 24.3 Å². The van der Waals surface area contributed by atoms with Gasteiger partial charge in [0.2, 0.25) is 0 Å². The van der Waals surface area contributed by atoms with Crippen LogP contribution in [0.1, 0.15) is 27.7 Å². The second-order valence-electron chi connectivity index (χ2n) is 7.34. The average molecular weight is 444 g/mol. The van der Waals surface area contributed by atoms with Gasteiger partial charge < -0.3 is 9.64 Å². The lowest BCUT2D eigenvalue weighted by atomic mass is 10.1. The molecule has 0 spiro atoms. The molecule has 0 saturated carbocycles. The van der Waals surface area contributed by atoms with E-state index >= 15 is 0 Å². The van der Waals surface area contributed by atoms with Gasteiger partial charge in [0.05, 0.1) is 12.8 Å². The molecule has 0 N–H and O–H groups in total. The van der Waals surface area contributed by atoms with Gasteiger partial charge in [-0.3, -0.25) is 9.48 Å². The van der Waals surface area contributed by atoms with E-state index in [1.165, 1.54) is 6.07 Å². The fourth-order valence-electron chi connectivity index (χ4n) is 3.80. The summed E-state index contributed by atoms with van der Waals surface area (Å²) in [6.07, 6.45) is 0.550. The first-order valence-electron chi connectivity index (χ1n) is 10.0. The van der Waals surface area contributed by atoms with E-state index in [-0.39, 0.29) is 11.2 Å². The van der Waals surface area contributed by atoms with Crippen LogP contribution < -0.4 is 4.74 Å². The second kappa shape index (κ2) is 9.09. The molecule has 0 bridgehead atoms. The molecule has 162 valence electrons. The Balaban J connectivity index is 1.53. The average Bonchev–Trinajstić information content (AvgIpc) is 3.00. The van der Waals surface area contributed by atoms with E-state index in [0.717, 1.165) is 17.7 Å². The molecule has 1 aromatic heterocycles. The summed E-state index contributed by atoms with van der Waals surface area (Å²) < 4.78 is 34.8. The van der Waals surface area contributed by atoms with Crippen LogP contribution in [0.3, 0.4) is 0 Å². The normalized spacial score (nSPS) is 16.8. The van der Waals surface area contributed by atoms with E-state index < -0.39 is 11.6 Å². The molecule has 1 saturated heterocycles. The predicted molar refractivity (Wildman–Crippen MR) is 117 cm³/mol. The molecule has 1 unspecified atom stereocenters. The van der Waals surface area contributed by atoms with Crippen LogP contribution in [0.25, 0.3) is 11.3 Å². The molecular formula is C23H23F2N3O2S. The Labute approximate surface area is 184 Å². The van der Waals surface area contributed by atoms with Crippen molar-refractivity contribution in [2.45, 2.75) is 11.7 Å². The first-order chi connectivity index (χ1) is 15.0. The summed E-state index contributed by atoms with van der Waals surface area (Å²) in [5.74, 6) is 0.339. The first-order valence-corrected chi connectivity index (χ1v) is 11.1. The van der Waals surface area contributed by atoms with Crippen LogP contribution in [0, 0.1) is 11.6 Å². The van der Waals surface area contributed by atoms with Crippen LogP contribution in [0.2, 0.25) is 0 Å². The fraction of sp³-hybridized carbons (Fsp3) is 0.304. The van der Waals surface area contributed by atoms with Crippen molar-refractivity contribution in [2.24, 2.45) is 7.05 Å². The number of carbonyl (C=O) groups is 1. The Morgan fingerprint density at radius 2 is 1.97 bits per heavy atom. The van der Waals surface area contributed by atoms with Crippen molar-refractivity contribution in [3.63, 3.8) is 0 Å². The lowest BCUT2D eigenvalue weighted by Gasteiger charge is -2.20. The molecule has 4 rings (SSSR count). The highest BCUT2D eigenvalue weighted by Gasteiger charge is 2.27. The minimum absolute atomic E-state index is 0.128. The molecule has 1 fully saturated rings. The third-order valence-electron chi connectivity index (χ3n) is 5.42. The second-order valence-corrected chi connectivity index (χ2v) is 8.66. The minimum Gasteiger partial charge on any atom is -0.496 e. The lowest BCUT2D eigenvalue weighted by Crippen LogP contribution is -2.34. The molecule has 1 amide bonds. The van der Waals surface area contributed by atoms with Gasteiger partial charge in [-0.05, 0) is 42.8 Å². The summed E-state index contributed by atoms with van der Waals surface area (Å²) in [6, 6.07) is 12.8. The Bertz CT molecular complexity index is 1100. The van der Waals surface area contributed by atoms with Crippen molar-refractivity contribution < 1.29 is 18.3 Å². The maximum absolute atomic E-state index is 14.2. The number of hydrogen-bond donors (Lipinski definition) is 0. The van der Waals surface area contributed by atoms with Crippen molar-refractivity contribution in [1.29, 1.82) is 0 Å². The number of rotatable bonds is 4. The molecule has 1 aliphatic heterocycles. The Hall–Kier alpha value is -2.87. The summed E-state index contributed by atoms with van der Waals surface area (Å²) in [6.45, 7) is 0.994. The highest BCUT2D eigenvalue weighted by Crippen LogP contribution is 2.36. The van der Waals surface area contributed by atoms with Gasteiger partial charge in [0, 0.05) is 42.3 Å². The van der Waals surface area contributed by atoms with E-state index in [2.05, 4.69) is 5.10 Å². The number of nitrogens with zero attached hydrogens (tertiary/aromatic N) is 3. The number of aryl methyl sites for hydroxylation is 1. The molecule has 5 nitrogen and oxygen atoms in total. The standard InChI is InChI=1S/C23H23F2N3O2S/c1-27-20(14-19(26-27)16-5-3-4-6-21(16)30-2)23(29)28-10-9-22(31-12-11-28)17-13-15(24)7-8-18(17)25/h3-8,13-14,22H,9-12H2,1-2H3. The van der Waals surface area contributed by atoms with Crippen molar-refractivity contribution in [3.8, 4) is 17.0 Å². The molecule has 2 heterocycles. The van der Waals surface area contributed by atoms with Gasteiger partial charge in [0.1, 0.15) is 23.1 Å². The monoisotopic (exact) mass is 443 g/mol. The van der Waals surface area contributed by atoms with Crippen LogP contribution in [0.15, 0.2) is 48.5 Å². The van der Waals surface area contributed by atoms with Crippen molar-refractivity contribution in [1.82, 2.24) is 14.7 Å². The van der Waals surface area contributed by atoms with Crippen molar-refractivity contribution in [3.05, 3.63) is 71.4 Å². The van der Waals surface area contributed by atoms with Gasteiger partial charge in [0.15, 0.2) is 0 Å². The van der Waals surface area contributed by atoms with E-state index in [4.69, 9.17) is 4.74 Å². The summed E-state index contributed by atoms with van der Waals surface area (Å²) in [5, 5.41) is 4.31. The molecular weight excluding hydrogens is 420 g/mol. The number of para-hydroxylation sites is 1. The van der Waals surface area contributed by atoms with Gasteiger partial charge in [-0.1, -0.05) is 12.1 Å². The van der Waals surface area contributed by atoms with Crippen LogP contribution in [0.5, 0.6) is 5.75 Å². The highest BCUT2D eigenvalue weighted by atomic mass is 32.2. The number of ether oxygens (including phenoxy) is 1. The van der Waals surface area contributed by atoms with Gasteiger partial charge in [0.25, 0.3) is 5.91 Å². The summed E-state index contributed by atoms with van der Waals surface area (Å²) in [5.41, 5.74) is 2.31. The fourth-order valence-corrected chi connectivity index (χ4v) is 5.04. The SMILES string of the molecule is COc1ccccc1-c1cc(C(=O)N2CCSC(c3cc(F)ccc3F)CC2)n(C)n1. The molecule has 0 aliphatic carbocycles. The number of methoxy groups -OCH3 is 1. The number of aromatic nitrogens is 2. The topological polar surface area (TPSA) is 47.4 Å². The lowest BCUT2D eigenvalue weighted by molar-refractivity contribution is 0.0755. The predicted octanol–water partition coefficient (Wildman–Crippen LogP) is 4.69. The minimum atomic E-state index is -0.451. The first kappa shape index (κ1) is 21.4. The number of amides is 1. The molecule has 0 radical (unpaired) electrons. The maximum atomic E-state index is 14.2. The summed E-state index contributed by atoms with van der Waals surface area (Å²) in [7, 11) is 3.34. The third-order valence-corrected chi connectivity index (χ3v) is 6.73. The quantitative estimate of drug-likeness (QED) is 0.587. The zero-order chi connectivity index (χ0) is 22.0. The van der Waals surface area contributed by atoms with Gasteiger partial charge in [-0.25, -0.2) is 8.78 Å². The summed E-state index contributed by atoms with van der Waals surface area (Å²) >= 11 is 1.55. The van der Waals surface area contributed by atoms with Gasteiger partial charge >= 0.3 is 0 Å². The number of thioether (sulfide) groups is 1. The largest absolute Gasteiger partial charge is 0.496 e. The highest BCUT2D eigenvalue weighted by molar-refractivity contribution is 7.99. The number of carbonyl (C=O) groups excluding carboxylic acids is 1. The third kappa shape index (κ3) is 4.44. The molecule has 1 aliphatic rings. The Kier molecular flexibility index (Phi) is 6.27. The number of halogens is 2. The zero-order valence-corrected chi connectivity index (χ0v) is 18.2. The van der Waals surface area contributed by atoms with Gasteiger partial charge in [-0.15, -0.1) is 0 Å². The van der Waals surface area contributed by atoms with E-state index in [1.54, 1.807) is 41.6 Å². The number of hydrogen-bond acceptors (Lipinski definition) is 4.